The largest absolute Gasteiger partial charge is 0.392 e. The van der Waals surface area contributed by atoms with Gasteiger partial charge in [-0.25, -0.2) is 4.79 Å². The molecular formula is C18H18Cl2N2O2. The molecule has 1 heterocycles. The Morgan fingerprint density at radius 3 is 2.58 bits per heavy atom. The van der Waals surface area contributed by atoms with E-state index in [1.807, 2.05) is 25.1 Å². The summed E-state index contributed by atoms with van der Waals surface area (Å²) < 4.78 is 0. The van der Waals surface area contributed by atoms with Gasteiger partial charge in [-0.15, -0.1) is 0 Å². The molecule has 1 atom stereocenters. The number of aliphatic hydroxyl groups is 1. The fourth-order valence-electron chi connectivity index (χ4n) is 3.17. The van der Waals surface area contributed by atoms with Gasteiger partial charge < -0.3 is 15.3 Å². The van der Waals surface area contributed by atoms with E-state index < -0.39 is 0 Å². The van der Waals surface area contributed by atoms with E-state index in [0.29, 0.717) is 28.7 Å². The van der Waals surface area contributed by atoms with Crippen molar-refractivity contribution >= 4 is 34.9 Å². The third-order valence-corrected chi connectivity index (χ3v) is 5.09. The summed E-state index contributed by atoms with van der Waals surface area (Å²) in [4.78, 5) is 14.4. The Morgan fingerprint density at radius 2 is 1.92 bits per heavy atom. The molecule has 0 bridgehead atoms. The number of carbonyl (C=O) groups is 1. The average Bonchev–Trinajstić information content (AvgIpc) is 2.58. The first-order chi connectivity index (χ1) is 11.5. The van der Waals surface area contributed by atoms with Crippen molar-refractivity contribution in [3.8, 4) is 0 Å². The Kier molecular flexibility index (Phi) is 4.99. The van der Waals surface area contributed by atoms with Crippen molar-refractivity contribution in [3.05, 3.63) is 63.1 Å². The Balaban J connectivity index is 1.84. The molecule has 0 spiro atoms. The van der Waals surface area contributed by atoms with Crippen molar-refractivity contribution in [2.75, 3.05) is 11.9 Å². The molecule has 1 aliphatic heterocycles. The van der Waals surface area contributed by atoms with Gasteiger partial charge in [0, 0.05) is 6.54 Å². The first-order valence-electron chi connectivity index (χ1n) is 7.76. The number of rotatable bonds is 2. The van der Waals surface area contributed by atoms with E-state index >= 15 is 0 Å². The second-order valence-corrected chi connectivity index (χ2v) is 6.60. The van der Waals surface area contributed by atoms with Crippen molar-refractivity contribution in [1.82, 2.24) is 4.90 Å². The molecule has 2 aromatic rings. The van der Waals surface area contributed by atoms with Gasteiger partial charge in [-0.2, -0.15) is 0 Å². The van der Waals surface area contributed by atoms with Crippen molar-refractivity contribution in [2.45, 2.75) is 26.0 Å². The lowest BCUT2D eigenvalue weighted by Crippen LogP contribution is -2.41. The molecule has 2 N–H and O–H groups in total. The number of carbonyl (C=O) groups excluding carboxylic acids is 1. The highest BCUT2D eigenvalue weighted by atomic mass is 35.5. The van der Waals surface area contributed by atoms with Gasteiger partial charge in [-0.05, 0) is 42.2 Å². The van der Waals surface area contributed by atoms with Crippen LogP contribution in [0.15, 0.2) is 36.4 Å². The van der Waals surface area contributed by atoms with Crippen LogP contribution in [0.1, 0.15) is 29.7 Å². The molecule has 126 valence electrons. The number of hydrogen-bond donors (Lipinski definition) is 2. The average molecular weight is 365 g/mol. The Morgan fingerprint density at radius 1 is 1.25 bits per heavy atom. The highest BCUT2D eigenvalue weighted by Crippen LogP contribution is 2.34. The van der Waals surface area contributed by atoms with Crippen LogP contribution < -0.4 is 5.32 Å². The van der Waals surface area contributed by atoms with E-state index in [2.05, 4.69) is 5.32 Å². The van der Waals surface area contributed by atoms with Gasteiger partial charge in [0.25, 0.3) is 0 Å². The summed E-state index contributed by atoms with van der Waals surface area (Å²) in [6, 6.07) is 10.6. The first kappa shape index (κ1) is 17.1. The fourth-order valence-corrected chi connectivity index (χ4v) is 3.66. The SMILES string of the molecule is C[C@H]1c2cccc(CO)c2CCN1C(=O)Nc1c(Cl)cccc1Cl. The summed E-state index contributed by atoms with van der Waals surface area (Å²) >= 11 is 12.2. The van der Waals surface area contributed by atoms with Gasteiger partial charge >= 0.3 is 6.03 Å². The number of benzene rings is 2. The highest BCUT2D eigenvalue weighted by molar-refractivity contribution is 6.39. The summed E-state index contributed by atoms with van der Waals surface area (Å²) in [5.74, 6) is 0. The van der Waals surface area contributed by atoms with Crippen LogP contribution in [0.25, 0.3) is 0 Å². The van der Waals surface area contributed by atoms with Crippen LogP contribution in [-0.2, 0) is 13.0 Å². The van der Waals surface area contributed by atoms with E-state index in [4.69, 9.17) is 23.2 Å². The van der Waals surface area contributed by atoms with Crippen LogP contribution in [0.3, 0.4) is 0 Å². The molecule has 1 aliphatic rings. The monoisotopic (exact) mass is 364 g/mol. The first-order valence-corrected chi connectivity index (χ1v) is 8.51. The molecule has 2 aromatic carbocycles. The Hall–Kier alpha value is -1.75. The minimum absolute atomic E-state index is 0.0112. The van der Waals surface area contributed by atoms with Crippen LogP contribution in [0.2, 0.25) is 10.0 Å². The number of para-hydroxylation sites is 1. The normalized spacial score (nSPS) is 16.7. The Labute approximate surface area is 151 Å². The molecule has 0 aromatic heterocycles. The van der Waals surface area contributed by atoms with E-state index in [1.165, 1.54) is 0 Å². The molecule has 2 amide bonds. The second-order valence-electron chi connectivity index (χ2n) is 5.79. The molecule has 0 radical (unpaired) electrons. The van der Waals surface area contributed by atoms with Gasteiger partial charge in [0.1, 0.15) is 0 Å². The maximum atomic E-state index is 12.7. The summed E-state index contributed by atoms with van der Waals surface area (Å²) in [7, 11) is 0. The van der Waals surface area contributed by atoms with Crippen molar-refractivity contribution in [2.24, 2.45) is 0 Å². The number of fused-ring (bicyclic) bond motifs is 1. The summed E-state index contributed by atoms with van der Waals surface area (Å²) in [5, 5.41) is 13.1. The van der Waals surface area contributed by atoms with E-state index in [0.717, 1.165) is 16.7 Å². The van der Waals surface area contributed by atoms with Crippen LogP contribution in [0.5, 0.6) is 0 Å². The summed E-state index contributed by atoms with van der Waals surface area (Å²) in [6.45, 7) is 2.56. The third-order valence-electron chi connectivity index (χ3n) is 4.46. The number of nitrogens with zero attached hydrogens (tertiary/aromatic N) is 1. The van der Waals surface area contributed by atoms with Crippen LogP contribution >= 0.6 is 23.2 Å². The number of nitrogens with one attached hydrogen (secondary N) is 1. The Bertz CT molecular complexity index is 759. The molecule has 0 saturated carbocycles. The number of halogens is 2. The second kappa shape index (κ2) is 7.01. The quantitative estimate of drug-likeness (QED) is 0.815. The van der Waals surface area contributed by atoms with E-state index in [-0.39, 0.29) is 18.7 Å². The zero-order chi connectivity index (χ0) is 17.3. The van der Waals surface area contributed by atoms with E-state index in [1.54, 1.807) is 23.1 Å². The predicted molar refractivity (Wildman–Crippen MR) is 96.7 cm³/mol. The number of aliphatic hydroxyl groups excluding tert-OH is 1. The molecule has 0 aliphatic carbocycles. The summed E-state index contributed by atoms with van der Waals surface area (Å²) in [5.41, 5.74) is 3.54. The maximum absolute atomic E-state index is 12.7. The maximum Gasteiger partial charge on any atom is 0.322 e. The van der Waals surface area contributed by atoms with Crippen molar-refractivity contribution in [3.63, 3.8) is 0 Å². The lowest BCUT2D eigenvalue weighted by atomic mass is 9.90. The lowest BCUT2D eigenvalue weighted by Gasteiger charge is -2.36. The fraction of sp³-hybridized carbons (Fsp3) is 0.278. The minimum Gasteiger partial charge on any atom is -0.392 e. The van der Waals surface area contributed by atoms with Gasteiger partial charge in [-0.1, -0.05) is 47.5 Å². The van der Waals surface area contributed by atoms with Crippen molar-refractivity contribution in [1.29, 1.82) is 0 Å². The smallest absolute Gasteiger partial charge is 0.322 e. The molecule has 0 fully saturated rings. The number of hydrogen-bond acceptors (Lipinski definition) is 2. The molecule has 0 unspecified atom stereocenters. The molecule has 24 heavy (non-hydrogen) atoms. The molecular weight excluding hydrogens is 347 g/mol. The lowest BCUT2D eigenvalue weighted by molar-refractivity contribution is 0.187. The zero-order valence-electron chi connectivity index (χ0n) is 13.2. The number of anilines is 1. The summed E-state index contributed by atoms with van der Waals surface area (Å²) in [6.07, 6.45) is 0.708. The molecule has 6 heteroatoms. The predicted octanol–water partition coefficient (Wildman–Crippen LogP) is 4.64. The molecule has 0 saturated heterocycles. The number of amides is 2. The zero-order valence-corrected chi connectivity index (χ0v) is 14.7. The minimum atomic E-state index is -0.238. The van der Waals surface area contributed by atoms with Gasteiger partial charge in [0.15, 0.2) is 0 Å². The topological polar surface area (TPSA) is 52.6 Å². The number of urea groups is 1. The standard InChI is InChI=1S/C18H18Cl2N2O2/c1-11-13-5-2-4-12(10-23)14(13)8-9-22(11)18(24)21-17-15(19)6-3-7-16(17)20/h2-7,11,23H,8-10H2,1H3,(H,21,24)/t11-/m0/s1. The van der Waals surface area contributed by atoms with Crippen LogP contribution in [0.4, 0.5) is 10.5 Å². The molecule has 4 nitrogen and oxygen atoms in total. The van der Waals surface area contributed by atoms with Gasteiger partial charge in [0.2, 0.25) is 0 Å². The van der Waals surface area contributed by atoms with Crippen molar-refractivity contribution < 1.29 is 9.90 Å². The third kappa shape index (κ3) is 3.09. The molecule has 3 rings (SSSR count). The van der Waals surface area contributed by atoms with E-state index in [9.17, 15) is 9.90 Å². The van der Waals surface area contributed by atoms with Gasteiger partial charge in [0.05, 0.1) is 28.4 Å². The van der Waals surface area contributed by atoms with Gasteiger partial charge in [-0.3, -0.25) is 0 Å². The van der Waals surface area contributed by atoms with Crippen LogP contribution in [-0.4, -0.2) is 22.6 Å². The highest BCUT2D eigenvalue weighted by Gasteiger charge is 2.29. The van der Waals surface area contributed by atoms with Crippen LogP contribution in [0, 0.1) is 0 Å².